The Morgan fingerprint density at radius 1 is 1.29 bits per heavy atom. The number of hydrogen-bond acceptors (Lipinski definition) is 2. The third-order valence-electron chi connectivity index (χ3n) is 3.46. The van der Waals surface area contributed by atoms with E-state index < -0.39 is 0 Å². The van der Waals surface area contributed by atoms with Crippen LogP contribution in [0.3, 0.4) is 0 Å². The lowest BCUT2D eigenvalue weighted by Crippen LogP contribution is -2.43. The summed E-state index contributed by atoms with van der Waals surface area (Å²) in [5.74, 6) is -0.203. The second-order valence-electron chi connectivity index (χ2n) is 4.98. The topological polar surface area (TPSA) is 32.3 Å². The van der Waals surface area contributed by atoms with Crippen LogP contribution in [-0.2, 0) is 5.41 Å². The third kappa shape index (κ3) is 3.79. The number of nitrogens with one attached hydrogen (secondary N) is 1. The van der Waals surface area contributed by atoms with Gasteiger partial charge in [0.05, 0.1) is 0 Å². The molecular weight excluding hydrogens is 217 g/mol. The highest BCUT2D eigenvalue weighted by Crippen LogP contribution is 2.27. The van der Waals surface area contributed by atoms with E-state index >= 15 is 0 Å². The number of hydrogen-bond donors (Lipinski definition) is 2. The molecule has 0 bridgehead atoms. The fraction of sp³-hybridized carbons (Fsp3) is 0.571. The predicted molar refractivity (Wildman–Crippen MR) is 68.6 cm³/mol. The van der Waals surface area contributed by atoms with Gasteiger partial charge in [-0.15, -0.1) is 0 Å². The first kappa shape index (κ1) is 14.1. The first-order valence-electron chi connectivity index (χ1n) is 6.08. The van der Waals surface area contributed by atoms with Gasteiger partial charge < -0.3 is 10.4 Å². The lowest BCUT2D eigenvalue weighted by atomic mass is 9.78. The summed E-state index contributed by atoms with van der Waals surface area (Å²) in [6.07, 6.45) is 0.754. The maximum absolute atomic E-state index is 12.9. The molecule has 1 aromatic rings. The van der Waals surface area contributed by atoms with Crippen molar-refractivity contribution < 1.29 is 9.50 Å². The molecule has 3 heteroatoms. The summed E-state index contributed by atoms with van der Waals surface area (Å²) >= 11 is 0. The summed E-state index contributed by atoms with van der Waals surface area (Å²) < 4.78 is 12.9. The van der Waals surface area contributed by atoms with E-state index in [2.05, 4.69) is 26.1 Å². The van der Waals surface area contributed by atoms with Gasteiger partial charge >= 0.3 is 0 Å². The average Bonchev–Trinajstić information content (AvgIpc) is 2.29. The molecule has 0 unspecified atom stereocenters. The van der Waals surface area contributed by atoms with Crippen LogP contribution in [-0.4, -0.2) is 24.3 Å². The highest BCUT2D eigenvalue weighted by Gasteiger charge is 2.27. The standard InChI is InChI=1S/C14H22FNO/c1-11(16-9-4-10-17)14(2,3)12-5-7-13(15)8-6-12/h5-8,11,16-17H,4,9-10H2,1-3H3/t11-/m0/s1. The molecule has 17 heavy (non-hydrogen) atoms. The van der Waals surface area contributed by atoms with E-state index in [-0.39, 0.29) is 23.9 Å². The molecule has 0 aliphatic rings. The van der Waals surface area contributed by atoms with E-state index in [0.29, 0.717) is 0 Å². The van der Waals surface area contributed by atoms with Crippen LogP contribution in [0.2, 0.25) is 0 Å². The van der Waals surface area contributed by atoms with Crippen LogP contribution in [0.15, 0.2) is 24.3 Å². The zero-order valence-electron chi connectivity index (χ0n) is 10.8. The molecule has 0 radical (unpaired) electrons. The zero-order chi connectivity index (χ0) is 12.9. The summed E-state index contributed by atoms with van der Waals surface area (Å²) in [6.45, 7) is 7.38. The summed E-state index contributed by atoms with van der Waals surface area (Å²) in [7, 11) is 0. The van der Waals surface area contributed by atoms with Crippen LogP contribution in [0.5, 0.6) is 0 Å². The van der Waals surface area contributed by atoms with Crippen molar-refractivity contribution in [3.05, 3.63) is 35.6 Å². The van der Waals surface area contributed by atoms with E-state index in [1.165, 1.54) is 12.1 Å². The molecule has 1 atom stereocenters. The third-order valence-corrected chi connectivity index (χ3v) is 3.46. The Kier molecular flexibility index (Phi) is 5.09. The quantitative estimate of drug-likeness (QED) is 0.747. The lowest BCUT2D eigenvalue weighted by Gasteiger charge is -2.33. The molecule has 0 aliphatic heterocycles. The van der Waals surface area contributed by atoms with Crippen molar-refractivity contribution in [3.8, 4) is 0 Å². The molecule has 0 saturated heterocycles. The Labute approximate surface area is 103 Å². The minimum absolute atomic E-state index is 0.0663. The highest BCUT2D eigenvalue weighted by molar-refractivity contribution is 5.26. The van der Waals surface area contributed by atoms with Gasteiger partial charge in [0.25, 0.3) is 0 Å². The molecule has 2 nitrogen and oxygen atoms in total. The van der Waals surface area contributed by atoms with Crippen molar-refractivity contribution >= 4 is 0 Å². The Morgan fingerprint density at radius 2 is 1.88 bits per heavy atom. The summed E-state index contributed by atoms with van der Waals surface area (Å²) in [5.41, 5.74) is 1.05. The number of benzene rings is 1. The molecule has 96 valence electrons. The molecule has 0 aromatic heterocycles. The normalized spacial score (nSPS) is 13.7. The van der Waals surface area contributed by atoms with Crippen LogP contribution in [0.25, 0.3) is 0 Å². The average molecular weight is 239 g/mol. The molecule has 0 spiro atoms. The molecule has 1 aromatic carbocycles. The monoisotopic (exact) mass is 239 g/mol. The maximum Gasteiger partial charge on any atom is 0.123 e. The van der Waals surface area contributed by atoms with Crippen molar-refractivity contribution in [1.82, 2.24) is 5.32 Å². The molecular formula is C14H22FNO. The number of aliphatic hydroxyl groups is 1. The minimum atomic E-state index is -0.203. The van der Waals surface area contributed by atoms with Crippen LogP contribution >= 0.6 is 0 Å². The number of rotatable bonds is 6. The van der Waals surface area contributed by atoms with Gasteiger partial charge in [-0.2, -0.15) is 0 Å². The second-order valence-corrected chi connectivity index (χ2v) is 4.98. The van der Waals surface area contributed by atoms with Crippen molar-refractivity contribution in [2.75, 3.05) is 13.2 Å². The summed E-state index contributed by atoms with van der Waals surface area (Å²) in [4.78, 5) is 0. The Balaban J connectivity index is 2.68. The predicted octanol–water partition coefficient (Wildman–Crippen LogP) is 2.46. The maximum atomic E-state index is 12.9. The smallest absolute Gasteiger partial charge is 0.123 e. The molecule has 0 aliphatic carbocycles. The van der Waals surface area contributed by atoms with Gasteiger partial charge in [0.1, 0.15) is 5.82 Å². The second kappa shape index (κ2) is 6.12. The molecule has 0 fully saturated rings. The van der Waals surface area contributed by atoms with Crippen LogP contribution in [0, 0.1) is 5.82 Å². The van der Waals surface area contributed by atoms with E-state index in [1.807, 2.05) is 12.1 Å². The van der Waals surface area contributed by atoms with Crippen molar-refractivity contribution in [3.63, 3.8) is 0 Å². The molecule has 0 saturated carbocycles. The van der Waals surface area contributed by atoms with Gasteiger partial charge in [0.2, 0.25) is 0 Å². The van der Waals surface area contributed by atoms with Gasteiger partial charge in [-0.1, -0.05) is 26.0 Å². The highest BCUT2D eigenvalue weighted by atomic mass is 19.1. The fourth-order valence-corrected chi connectivity index (χ4v) is 1.78. The number of halogens is 1. The first-order valence-corrected chi connectivity index (χ1v) is 6.08. The van der Waals surface area contributed by atoms with E-state index in [0.717, 1.165) is 18.5 Å². The molecule has 0 heterocycles. The van der Waals surface area contributed by atoms with E-state index in [4.69, 9.17) is 5.11 Å². The molecule has 2 N–H and O–H groups in total. The Hall–Kier alpha value is -0.930. The van der Waals surface area contributed by atoms with Crippen molar-refractivity contribution in [1.29, 1.82) is 0 Å². The SMILES string of the molecule is C[C@H](NCCCO)C(C)(C)c1ccc(F)cc1. The van der Waals surface area contributed by atoms with Gasteiger partial charge in [0, 0.05) is 18.1 Å². The zero-order valence-corrected chi connectivity index (χ0v) is 10.8. The van der Waals surface area contributed by atoms with E-state index in [9.17, 15) is 4.39 Å². The molecule has 0 amide bonds. The first-order chi connectivity index (χ1) is 7.98. The van der Waals surface area contributed by atoms with Gasteiger partial charge in [0.15, 0.2) is 0 Å². The van der Waals surface area contributed by atoms with Crippen LogP contribution < -0.4 is 5.32 Å². The lowest BCUT2D eigenvalue weighted by molar-refractivity contribution is 0.275. The van der Waals surface area contributed by atoms with Crippen molar-refractivity contribution in [2.45, 2.75) is 38.6 Å². The van der Waals surface area contributed by atoms with Crippen molar-refractivity contribution in [2.24, 2.45) is 0 Å². The minimum Gasteiger partial charge on any atom is -0.396 e. The van der Waals surface area contributed by atoms with Crippen LogP contribution in [0.1, 0.15) is 32.8 Å². The summed E-state index contributed by atoms with van der Waals surface area (Å²) in [6, 6.07) is 6.92. The molecule has 1 rings (SSSR count). The summed E-state index contributed by atoms with van der Waals surface area (Å²) in [5, 5.41) is 12.1. The largest absolute Gasteiger partial charge is 0.396 e. The van der Waals surface area contributed by atoms with Gasteiger partial charge in [-0.3, -0.25) is 0 Å². The van der Waals surface area contributed by atoms with Gasteiger partial charge in [-0.05, 0) is 37.6 Å². The van der Waals surface area contributed by atoms with E-state index in [1.54, 1.807) is 0 Å². The number of aliphatic hydroxyl groups excluding tert-OH is 1. The Bertz CT molecular complexity index is 335. The Morgan fingerprint density at radius 3 is 2.41 bits per heavy atom. The van der Waals surface area contributed by atoms with Crippen LogP contribution in [0.4, 0.5) is 4.39 Å². The van der Waals surface area contributed by atoms with Gasteiger partial charge in [-0.25, -0.2) is 4.39 Å². The fourth-order valence-electron chi connectivity index (χ4n) is 1.78.